The normalized spacial score (nSPS) is 12.7. The van der Waals surface area contributed by atoms with Gasteiger partial charge in [-0.25, -0.2) is 13.1 Å². The van der Waals surface area contributed by atoms with Crippen LogP contribution in [-0.2, 0) is 10.0 Å². The molecule has 0 heterocycles. The van der Waals surface area contributed by atoms with Crippen LogP contribution in [0.4, 0.5) is 0 Å². The number of halogens is 1. The Labute approximate surface area is 151 Å². The van der Waals surface area contributed by atoms with Gasteiger partial charge in [0.25, 0.3) is 0 Å². The van der Waals surface area contributed by atoms with Crippen molar-refractivity contribution in [2.24, 2.45) is 0 Å². The highest BCUT2D eigenvalue weighted by Gasteiger charge is 2.21. The second-order valence-electron chi connectivity index (χ2n) is 5.15. The van der Waals surface area contributed by atoms with Gasteiger partial charge >= 0.3 is 0 Å². The second-order valence-corrected chi connectivity index (χ2v) is 7.78. The summed E-state index contributed by atoms with van der Waals surface area (Å²) in [6.45, 7) is 1.93. The fraction of sp³-hybridized carbons (Fsp3) is 0.294. The van der Waals surface area contributed by atoms with E-state index in [-0.39, 0.29) is 10.9 Å². The molecule has 0 saturated heterocycles. The Balaban J connectivity index is 2.30. The van der Waals surface area contributed by atoms with Crippen molar-refractivity contribution < 1.29 is 17.9 Å². The summed E-state index contributed by atoms with van der Waals surface area (Å²) in [5, 5.41) is 0. The van der Waals surface area contributed by atoms with Crippen molar-refractivity contribution in [3.05, 3.63) is 52.5 Å². The molecule has 0 aliphatic rings. The van der Waals surface area contributed by atoms with Gasteiger partial charge in [0.15, 0.2) is 11.5 Å². The van der Waals surface area contributed by atoms with Gasteiger partial charge in [0.05, 0.1) is 19.1 Å². The first-order valence-corrected chi connectivity index (χ1v) is 9.68. The first-order valence-electron chi connectivity index (χ1n) is 7.41. The van der Waals surface area contributed by atoms with E-state index in [9.17, 15) is 8.42 Å². The van der Waals surface area contributed by atoms with E-state index in [1.807, 2.05) is 31.2 Å². The highest BCUT2D eigenvalue weighted by molar-refractivity contribution is 9.10. The van der Waals surface area contributed by atoms with Crippen LogP contribution in [-0.4, -0.2) is 22.6 Å². The lowest BCUT2D eigenvalue weighted by atomic mass is 10.1. The molecule has 2 aromatic rings. The van der Waals surface area contributed by atoms with Crippen LogP contribution in [0.3, 0.4) is 0 Å². The summed E-state index contributed by atoms with van der Waals surface area (Å²) in [7, 11) is -0.709. The Morgan fingerprint density at radius 3 is 2.21 bits per heavy atom. The molecule has 0 aromatic heterocycles. The molecule has 0 saturated carbocycles. The molecule has 24 heavy (non-hydrogen) atoms. The van der Waals surface area contributed by atoms with Crippen LogP contribution >= 0.6 is 15.9 Å². The van der Waals surface area contributed by atoms with Crippen molar-refractivity contribution in [2.75, 3.05) is 14.2 Å². The second kappa shape index (κ2) is 8.00. The Hall–Kier alpha value is -1.57. The van der Waals surface area contributed by atoms with E-state index in [2.05, 4.69) is 20.7 Å². The van der Waals surface area contributed by atoms with Gasteiger partial charge in [0.2, 0.25) is 10.0 Å². The fourth-order valence-corrected chi connectivity index (χ4v) is 3.91. The molecule has 0 aliphatic carbocycles. The van der Waals surface area contributed by atoms with Crippen molar-refractivity contribution in [3.8, 4) is 11.5 Å². The SMILES string of the molecule is CC[C@@H](NS(=O)(=O)c1ccc(OC)c(OC)c1)c1ccc(Br)cc1. The van der Waals surface area contributed by atoms with Crippen LogP contribution in [0.5, 0.6) is 11.5 Å². The van der Waals surface area contributed by atoms with Gasteiger partial charge in [-0.05, 0) is 36.2 Å². The summed E-state index contributed by atoms with van der Waals surface area (Å²) in [5.41, 5.74) is 0.907. The average molecular weight is 414 g/mol. The highest BCUT2D eigenvalue weighted by atomic mass is 79.9. The Morgan fingerprint density at radius 2 is 1.67 bits per heavy atom. The molecule has 1 N–H and O–H groups in total. The molecule has 130 valence electrons. The van der Waals surface area contributed by atoms with Gasteiger partial charge in [-0.2, -0.15) is 0 Å². The Morgan fingerprint density at radius 1 is 1.04 bits per heavy atom. The lowest BCUT2D eigenvalue weighted by Crippen LogP contribution is -2.28. The van der Waals surface area contributed by atoms with Crippen LogP contribution < -0.4 is 14.2 Å². The highest BCUT2D eigenvalue weighted by Crippen LogP contribution is 2.30. The molecule has 0 amide bonds. The Kier molecular flexibility index (Phi) is 6.26. The fourth-order valence-electron chi connectivity index (χ4n) is 2.32. The zero-order chi connectivity index (χ0) is 17.7. The first kappa shape index (κ1) is 18.8. The monoisotopic (exact) mass is 413 g/mol. The van der Waals surface area contributed by atoms with Crippen LogP contribution in [0, 0.1) is 0 Å². The molecule has 5 nitrogen and oxygen atoms in total. The topological polar surface area (TPSA) is 64.6 Å². The summed E-state index contributed by atoms with van der Waals surface area (Å²) in [6, 6.07) is 11.8. The van der Waals surface area contributed by atoms with Gasteiger partial charge in [-0.3, -0.25) is 0 Å². The van der Waals surface area contributed by atoms with Crippen molar-refractivity contribution in [3.63, 3.8) is 0 Å². The molecular weight excluding hydrogens is 394 g/mol. The lowest BCUT2D eigenvalue weighted by molar-refractivity contribution is 0.354. The maximum Gasteiger partial charge on any atom is 0.241 e. The van der Waals surface area contributed by atoms with E-state index >= 15 is 0 Å². The molecule has 2 aromatic carbocycles. The van der Waals surface area contributed by atoms with Crippen LogP contribution in [0.25, 0.3) is 0 Å². The van der Waals surface area contributed by atoms with Crippen molar-refractivity contribution in [2.45, 2.75) is 24.3 Å². The van der Waals surface area contributed by atoms with Gasteiger partial charge < -0.3 is 9.47 Å². The summed E-state index contributed by atoms with van der Waals surface area (Å²) >= 11 is 3.38. The number of hydrogen-bond acceptors (Lipinski definition) is 4. The average Bonchev–Trinajstić information content (AvgIpc) is 2.59. The number of methoxy groups -OCH3 is 2. The number of benzene rings is 2. The van der Waals surface area contributed by atoms with E-state index in [0.717, 1.165) is 10.0 Å². The van der Waals surface area contributed by atoms with E-state index < -0.39 is 10.0 Å². The number of rotatable bonds is 7. The smallest absolute Gasteiger partial charge is 0.241 e. The minimum atomic E-state index is -3.68. The molecule has 0 radical (unpaired) electrons. The molecule has 2 rings (SSSR count). The third kappa shape index (κ3) is 4.28. The number of nitrogens with one attached hydrogen (secondary N) is 1. The van der Waals surface area contributed by atoms with E-state index in [0.29, 0.717) is 17.9 Å². The summed E-state index contributed by atoms with van der Waals surface area (Å²) in [4.78, 5) is 0.135. The predicted octanol–water partition coefficient (Wildman–Crippen LogP) is 3.90. The van der Waals surface area contributed by atoms with Crippen molar-refractivity contribution in [1.82, 2.24) is 4.72 Å². The predicted molar refractivity (Wildman–Crippen MR) is 97.0 cm³/mol. The maximum absolute atomic E-state index is 12.7. The maximum atomic E-state index is 12.7. The van der Waals surface area contributed by atoms with Gasteiger partial charge in [-0.1, -0.05) is 35.0 Å². The third-order valence-electron chi connectivity index (χ3n) is 3.64. The van der Waals surface area contributed by atoms with E-state index in [1.54, 1.807) is 6.07 Å². The molecule has 0 unspecified atom stereocenters. The minimum Gasteiger partial charge on any atom is -0.493 e. The Bertz CT molecular complexity index is 791. The molecule has 0 fully saturated rings. The zero-order valence-corrected chi connectivity index (χ0v) is 16.1. The molecule has 0 spiro atoms. The zero-order valence-electron chi connectivity index (χ0n) is 13.7. The van der Waals surface area contributed by atoms with E-state index in [1.165, 1.54) is 26.4 Å². The molecular formula is C17H20BrNO4S. The first-order chi connectivity index (χ1) is 11.4. The summed E-state index contributed by atoms with van der Waals surface area (Å²) < 4.78 is 39.4. The number of hydrogen-bond donors (Lipinski definition) is 1. The third-order valence-corrected chi connectivity index (χ3v) is 5.64. The minimum absolute atomic E-state index is 0.135. The number of ether oxygens (including phenoxy) is 2. The van der Waals surface area contributed by atoms with Crippen molar-refractivity contribution >= 4 is 26.0 Å². The largest absolute Gasteiger partial charge is 0.493 e. The van der Waals surface area contributed by atoms with Gasteiger partial charge in [-0.15, -0.1) is 0 Å². The van der Waals surface area contributed by atoms with Gasteiger partial charge in [0, 0.05) is 16.6 Å². The van der Waals surface area contributed by atoms with Crippen LogP contribution in [0.2, 0.25) is 0 Å². The molecule has 7 heteroatoms. The molecule has 0 bridgehead atoms. The summed E-state index contributed by atoms with van der Waals surface area (Å²) in [6.07, 6.45) is 0.633. The quantitative estimate of drug-likeness (QED) is 0.747. The number of sulfonamides is 1. The molecule has 0 aliphatic heterocycles. The van der Waals surface area contributed by atoms with Gasteiger partial charge in [0.1, 0.15) is 0 Å². The lowest BCUT2D eigenvalue weighted by Gasteiger charge is -2.18. The standard InChI is InChI=1S/C17H20BrNO4S/c1-4-15(12-5-7-13(18)8-6-12)19-24(20,21)14-9-10-16(22-2)17(11-14)23-3/h5-11,15,19H,4H2,1-3H3/t15-/m1/s1. The molecule has 1 atom stereocenters. The van der Waals surface area contributed by atoms with E-state index in [4.69, 9.17) is 9.47 Å². The van der Waals surface area contributed by atoms with Crippen molar-refractivity contribution in [1.29, 1.82) is 0 Å². The summed E-state index contributed by atoms with van der Waals surface area (Å²) in [5.74, 6) is 0.855. The van der Waals surface area contributed by atoms with Crippen LogP contribution in [0.15, 0.2) is 51.8 Å². The van der Waals surface area contributed by atoms with Crippen LogP contribution in [0.1, 0.15) is 24.9 Å².